The Hall–Kier alpha value is -0.810. The molecule has 4 nitrogen and oxygen atoms in total. The van der Waals surface area contributed by atoms with Gasteiger partial charge in [-0.15, -0.1) is 29.9 Å². The molecule has 0 bridgehead atoms. The number of aromatic nitrogens is 3. The molecule has 1 fully saturated rings. The molecule has 0 aliphatic carbocycles. The van der Waals surface area contributed by atoms with E-state index < -0.39 is 0 Å². The molecule has 1 N–H and O–H groups in total. The highest BCUT2D eigenvalue weighted by Crippen LogP contribution is 2.22. The van der Waals surface area contributed by atoms with Crippen LogP contribution >= 0.6 is 36.4 Å². The average molecular weight is 350 g/mol. The fourth-order valence-electron chi connectivity index (χ4n) is 2.47. The molecule has 1 aliphatic rings. The molecule has 1 saturated heterocycles. The molecule has 0 atom stereocenters. The Balaban J connectivity index is 0.00000110. The Morgan fingerprint density at radius 2 is 1.81 bits per heavy atom. The lowest BCUT2D eigenvalue weighted by Gasteiger charge is -2.20. The van der Waals surface area contributed by atoms with E-state index in [1.807, 2.05) is 28.9 Å². The molecule has 0 amide bonds. The minimum absolute atomic E-state index is 0. The molecule has 1 aromatic carbocycles. The molecule has 0 spiro atoms. The fourth-order valence-corrected chi connectivity index (χ4v) is 2.60. The molecule has 1 aromatic heterocycles. The summed E-state index contributed by atoms with van der Waals surface area (Å²) in [7, 11) is 0. The molecule has 2 aromatic rings. The first kappa shape index (κ1) is 18.2. The van der Waals surface area contributed by atoms with Crippen molar-refractivity contribution in [1.82, 2.24) is 20.3 Å². The van der Waals surface area contributed by atoms with Gasteiger partial charge in [0.2, 0.25) is 0 Å². The van der Waals surface area contributed by atoms with E-state index in [2.05, 4.69) is 21.8 Å². The molecule has 21 heavy (non-hydrogen) atoms. The first-order chi connectivity index (χ1) is 9.31. The van der Waals surface area contributed by atoms with E-state index in [1.54, 1.807) is 0 Å². The van der Waals surface area contributed by atoms with Gasteiger partial charge in [0.25, 0.3) is 0 Å². The summed E-state index contributed by atoms with van der Waals surface area (Å²) in [6.07, 6.45) is 4.38. The van der Waals surface area contributed by atoms with E-state index in [-0.39, 0.29) is 24.8 Å². The predicted molar refractivity (Wildman–Crippen MR) is 89.9 cm³/mol. The van der Waals surface area contributed by atoms with Gasteiger partial charge in [-0.25, -0.2) is 4.68 Å². The zero-order valence-corrected chi connectivity index (χ0v) is 13.9. The van der Waals surface area contributed by atoms with Crippen LogP contribution in [0.15, 0.2) is 30.5 Å². The summed E-state index contributed by atoms with van der Waals surface area (Å²) in [6.45, 7) is 2.90. The Morgan fingerprint density at radius 3 is 2.48 bits per heavy atom. The van der Waals surface area contributed by atoms with Gasteiger partial charge in [-0.3, -0.25) is 0 Å². The Bertz CT molecular complexity index is 535. The minimum Gasteiger partial charge on any atom is -0.317 e. The number of rotatable bonds is 3. The van der Waals surface area contributed by atoms with Gasteiger partial charge in [0.05, 0.1) is 12.2 Å². The molecule has 1 aliphatic heterocycles. The molecule has 0 saturated carbocycles. The first-order valence-electron chi connectivity index (χ1n) is 6.66. The number of nitrogens with zero attached hydrogens (tertiary/aromatic N) is 3. The Morgan fingerprint density at radius 1 is 1.14 bits per heavy atom. The van der Waals surface area contributed by atoms with E-state index in [4.69, 9.17) is 11.6 Å². The van der Waals surface area contributed by atoms with Gasteiger partial charge in [0, 0.05) is 17.1 Å². The predicted octanol–water partition coefficient (Wildman–Crippen LogP) is 3.29. The van der Waals surface area contributed by atoms with Crippen molar-refractivity contribution >= 4 is 36.4 Å². The van der Waals surface area contributed by atoms with Gasteiger partial charge in [0.1, 0.15) is 0 Å². The van der Waals surface area contributed by atoms with Crippen LogP contribution in [0.3, 0.4) is 0 Å². The molecule has 0 unspecified atom stereocenters. The summed E-state index contributed by atoms with van der Waals surface area (Å²) >= 11 is 5.88. The van der Waals surface area contributed by atoms with Crippen LogP contribution in [0, 0.1) is 0 Å². The third-order valence-electron chi connectivity index (χ3n) is 3.57. The average Bonchev–Trinajstić information content (AvgIpc) is 2.91. The number of piperidine rings is 1. The van der Waals surface area contributed by atoms with Crippen molar-refractivity contribution < 1.29 is 0 Å². The van der Waals surface area contributed by atoms with Crippen molar-refractivity contribution in [3.8, 4) is 0 Å². The maximum Gasteiger partial charge on any atom is 0.0859 e. The topological polar surface area (TPSA) is 42.7 Å². The summed E-state index contributed by atoms with van der Waals surface area (Å²) in [5.74, 6) is 0.556. The van der Waals surface area contributed by atoms with Crippen LogP contribution < -0.4 is 5.32 Å². The van der Waals surface area contributed by atoms with Crippen LogP contribution in [-0.4, -0.2) is 28.1 Å². The summed E-state index contributed by atoms with van der Waals surface area (Å²) in [5.41, 5.74) is 2.31. The van der Waals surface area contributed by atoms with Gasteiger partial charge in [-0.2, -0.15) is 0 Å². The number of hydrogen-bond donors (Lipinski definition) is 1. The van der Waals surface area contributed by atoms with Crippen LogP contribution in [0.2, 0.25) is 5.02 Å². The van der Waals surface area contributed by atoms with Gasteiger partial charge >= 0.3 is 0 Å². The van der Waals surface area contributed by atoms with E-state index in [9.17, 15) is 0 Å². The number of halogens is 3. The second-order valence-corrected chi connectivity index (χ2v) is 5.43. The second kappa shape index (κ2) is 8.59. The van der Waals surface area contributed by atoms with Gasteiger partial charge in [-0.05, 0) is 43.6 Å². The maximum absolute atomic E-state index is 5.88. The van der Waals surface area contributed by atoms with Crippen LogP contribution in [0.4, 0.5) is 0 Å². The third-order valence-corrected chi connectivity index (χ3v) is 3.82. The lowest BCUT2D eigenvalue weighted by Crippen LogP contribution is -2.26. The summed E-state index contributed by atoms with van der Waals surface area (Å²) < 4.78 is 1.90. The summed E-state index contributed by atoms with van der Waals surface area (Å²) in [6, 6.07) is 7.85. The van der Waals surface area contributed by atoms with Crippen LogP contribution in [0.25, 0.3) is 0 Å². The van der Waals surface area contributed by atoms with E-state index in [0.29, 0.717) is 5.92 Å². The fraction of sp³-hybridized carbons (Fsp3) is 0.429. The number of benzene rings is 1. The summed E-state index contributed by atoms with van der Waals surface area (Å²) in [5, 5.41) is 12.7. The largest absolute Gasteiger partial charge is 0.317 e. The molecule has 116 valence electrons. The van der Waals surface area contributed by atoms with Gasteiger partial charge in [-0.1, -0.05) is 28.9 Å². The van der Waals surface area contributed by atoms with Crippen molar-refractivity contribution in [3.05, 3.63) is 46.7 Å². The van der Waals surface area contributed by atoms with Crippen molar-refractivity contribution in [1.29, 1.82) is 0 Å². The van der Waals surface area contributed by atoms with Crippen molar-refractivity contribution in [2.75, 3.05) is 13.1 Å². The van der Waals surface area contributed by atoms with E-state index in [1.165, 1.54) is 5.56 Å². The standard InChI is InChI=1S/C14H17ClN4.2ClH/c15-13-3-1-11(2-4-13)9-19-10-14(17-18-19)12-5-7-16-8-6-12;;/h1-4,10,12,16H,5-9H2;2*1H. The highest BCUT2D eigenvalue weighted by atomic mass is 35.5. The number of nitrogens with one attached hydrogen (secondary N) is 1. The van der Waals surface area contributed by atoms with Crippen LogP contribution in [-0.2, 0) is 6.54 Å². The lowest BCUT2D eigenvalue weighted by molar-refractivity contribution is 0.453. The van der Waals surface area contributed by atoms with Crippen molar-refractivity contribution in [2.24, 2.45) is 0 Å². The van der Waals surface area contributed by atoms with Crippen molar-refractivity contribution in [2.45, 2.75) is 25.3 Å². The van der Waals surface area contributed by atoms with E-state index >= 15 is 0 Å². The molecule has 0 radical (unpaired) electrons. The normalized spacial score (nSPS) is 15.1. The third kappa shape index (κ3) is 4.85. The molecular formula is C14H19Cl3N4. The van der Waals surface area contributed by atoms with Crippen molar-refractivity contribution in [3.63, 3.8) is 0 Å². The Labute approximate surface area is 142 Å². The number of hydrogen-bond acceptors (Lipinski definition) is 3. The molecule has 3 rings (SSSR count). The minimum atomic E-state index is 0. The van der Waals surface area contributed by atoms with Crippen LogP contribution in [0.1, 0.15) is 30.0 Å². The quantitative estimate of drug-likeness (QED) is 0.924. The zero-order chi connectivity index (χ0) is 13.1. The highest BCUT2D eigenvalue weighted by Gasteiger charge is 2.18. The SMILES string of the molecule is Cl.Cl.Clc1ccc(Cn2cc(C3CCNCC3)nn2)cc1. The van der Waals surface area contributed by atoms with Gasteiger partial charge < -0.3 is 5.32 Å². The highest BCUT2D eigenvalue weighted by molar-refractivity contribution is 6.30. The first-order valence-corrected chi connectivity index (χ1v) is 7.04. The Kier molecular flexibility index (Phi) is 7.46. The van der Waals surface area contributed by atoms with Gasteiger partial charge in [0.15, 0.2) is 0 Å². The molecule has 2 heterocycles. The smallest absolute Gasteiger partial charge is 0.0859 e. The molecular weight excluding hydrogens is 331 g/mol. The second-order valence-electron chi connectivity index (χ2n) is 4.99. The van der Waals surface area contributed by atoms with E-state index in [0.717, 1.165) is 43.2 Å². The molecule has 7 heteroatoms. The monoisotopic (exact) mass is 348 g/mol. The maximum atomic E-state index is 5.88. The zero-order valence-electron chi connectivity index (χ0n) is 11.5. The van der Waals surface area contributed by atoms with Crippen LogP contribution in [0.5, 0.6) is 0 Å². The summed E-state index contributed by atoms with van der Waals surface area (Å²) in [4.78, 5) is 0. The lowest BCUT2D eigenvalue weighted by atomic mass is 9.95.